The molecule has 1 atom stereocenters. The number of benzene rings is 1. The zero-order valence-electron chi connectivity index (χ0n) is 13.7. The molecule has 1 aliphatic rings. The Kier molecular flexibility index (Phi) is 6.12. The van der Waals surface area contributed by atoms with Gasteiger partial charge in [-0.05, 0) is 31.3 Å². The number of nitrogens with zero attached hydrogens (tertiary/aromatic N) is 2. The first-order chi connectivity index (χ1) is 12.3. The van der Waals surface area contributed by atoms with Gasteiger partial charge in [-0.25, -0.2) is 0 Å². The normalized spacial score (nSPS) is 17.3. The summed E-state index contributed by atoms with van der Waals surface area (Å²) in [6.45, 7) is 0.814. The van der Waals surface area contributed by atoms with Crippen LogP contribution in [0, 0.1) is 12.8 Å². The van der Waals surface area contributed by atoms with Gasteiger partial charge < -0.3 is 20.5 Å². The van der Waals surface area contributed by atoms with E-state index in [0.717, 1.165) is 11.8 Å². The second-order valence-electron chi connectivity index (χ2n) is 5.42. The van der Waals surface area contributed by atoms with Gasteiger partial charge in [0.05, 0.1) is 18.2 Å². The molecule has 0 radical (unpaired) electrons. The summed E-state index contributed by atoms with van der Waals surface area (Å²) in [7, 11) is 0. The van der Waals surface area contributed by atoms with Crippen molar-refractivity contribution in [3.63, 3.8) is 0 Å². The molecule has 0 aromatic heterocycles. The highest BCUT2D eigenvalue weighted by Crippen LogP contribution is 2.20. The number of carbonyl (C=O) groups excluding carboxylic acids is 4. The number of thiocarbonyl (C=S) groups is 1. The Morgan fingerprint density at radius 1 is 1.35 bits per heavy atom. The molecule has 0 spiro atoms. The Morgan fingerprint density at radius 3 is 2.62 bits per heavy atom. The summed E-state index contributed by atoms with van der Waals surface area (Å²) in [6, 6.07) is 6.98. The van der Waals surface area contributed by atoms with Crippen LogP contribution in [0.2, 0.25) is 0 Å². The molecule has 3 amide bonds. The van der Waals surface area contributed by atoms with Gasteiger partial charge in [-0.1, -0.05) is 17.7 Å². The molecule has 2 N–H and O–H groups in total. The van der Waals surface area contributed by atoms with Crippen LogP contribution in [0.4, 0.5) is 5.69 Å². The minimum atomic E-state index is -1.44. The van der Waals surface area contributed by atoms with E-state index in [1.165, 1.54) is 4.90 Å². The summed E-state index contributed by atoms with van der Waals surface area (Å²) in [5, 5.41) is 14.7. The third-order valence-electron chi connectivity index (χ3n) is 3.41. The first-order valence-electron chi connectivity index (χ1n) is 7.51. The van der Waals surface area contributed by atoms with Gasteiger partial charge in [0.2, 0.25) is 11.8 Å². The van der Waals surface area contributed by atoms with Gasteiger partial charge in [-0.3, -0.25) is 24.3 Å². The molecule has 0 bridgehead atoms. The number of hydrogen-bond acceptors (Lipinski definition) is 7. The van der Waals surface area contributed by atoms with Crippen LogP contribution in [0.3, 0.4) is 0 Å². The highest BCUT2D eigenvalue weighted by Gasteiger charge is 2.38. The molecule has 26 heavy (non-hydrogen) atoms. The van der Waals surface area contributed by atoms with E-state index >= 15 is 0 Å². The number of aliphatic carboxylic acids is 1. The zero-order chi connectivity index (χ0) is 19.3. The van der Waals surface area contributed by atoms with E-state index in [1.54, 1.807) is 24.3 Å². The topological polar surface area (TPSA) is 131 Å². The van der Waals surface area contributed by atoms with Crippen LogP contribution in [0.15, 0.2) is 29.3 Å². The van der Waals surface area contributed by atoms with Gasteiger partial charge in [0.25, 0.3) is 5.91 Å². The Balaban J connectivity index is 2.09. The molecule has 1 aromatic carbocycles. The molecule has 1 saturated heterocycles. The molecule has 0 unspecified atom stereocenters. The summed E-state index contributed by atoms with van der Waals surface area (Å²) in [4.78, 5) is 51.2. The van der Waals surface area contributed by atoms with E-state index in [0.29, 0.717) is 5.69 Å². The van der Waals surface area contributed by atoms with Crippen molar-refractivity contribution in [3.05, 3.63) is 29.8 Å². The third kappa shape index (κ3) is 4.70. The van der Waals surface area contributed by atoms with Crippen LogP contribution in [0.5, 0.6) is 0 Å². The highest BCUT2D eigenvalue weighted by atomic mass is 32.1. The molecule has 1 fully saturated rings. The van der Waals surface area contributed by atoms with Crippen molar-refractivity contribution in [1.82, 2.24) is 10.6 Å². The van der Waals surface area contributed by atoms with Crippen molar-refractivity contribution in [1.29, 1.82) is 0 Å². The monoisotopic (exact) mass is 375 g/mol. The number of carboxylic acids is 1. The lowest BCUT2D eigenvalue weighted by Crippen LogP contribution is -2.58. The van der Waals surface area contributed by atoms with Gasteiger partial charge in [0.15, 0.2) is 11.0 Å². The number of aryl methyl sites for hydroxylation is 1. The lowest BCUT2D eigenvalue weighted by atomic mass is 10.1. The second kappa shape index (κ2) is 8.30. The number of rotatable bonds is 6. The first-order valence-corrected chi connectivity index (χ1v) is 7.92. The van der Waals surface area contributed by atoms with Gasteiger partial charge in [-0.15, -0.1) is 0 Å². The summed E-state index contributed by atoms with van der Waals surface area (Å²) >= 11 is 5.07. The molecular formula is C16H15N4O5S-. The summed E-state index contributed by atoms with van der Waals surface area (Å²) in [5.74, 6) is -4.62. The maximum absolute atomic E-state index is 12.6. The Labute approximate surface area is 154 Å². The molecule has 1 heterocycles. The van der Waals surface area contributed by atoms with E-state index in [-0.39, 0.29) is 5.11 Å². The van der Waals surface area contributed by atoms with Crippen LogP contribution in [0.1, 0.15) is 5.56 Å². The van der Waals surface area contributed by atoms with Crippen molar-refractivity contribution in [2.24, 2.45) is 10.9 Å². The molecular weight excluding hydrogens is 360 g/mol. The van der Waals surface area contributed by atoms with E-state index in [1.807, 2.05) is 6.92 Å². The maximum atomic E-state index is 12.6. The Morgan fingerprint density at radius 2 is 2.00 bits per heavy atom. The molecule has 9 nitrogen and oxygen atoms in total. The predicted molar refractivity (Wildman–Crippen MR) is 94.3 cm³/mol. The standard InChI is InChI=1S/C16H16N4O5S/c1-9-2-4-10(5-3-9)20-15(25)11(14(24)19-16(20)26)6-17-7-12(21)18-8-13(22)23/h2-6,11H,7-8H2,1H3,(H,18,21)(H,22,23)(H,19,24,26)/p-1/t11-/m1/s1. The predicted octanol–water partition coefficient (Wildman–Crippen LogP) is -1.70. The number of anilines is 1. The molecule has 0 saturated carbocycles. The summed E-state index contributed by atoms with van der Waals surface area (Å²) in [5.41, 5.74) is 1.49. The average Bonchev–Trinajstić information content (AvgIpc) is 2.57. The number of aliphatic imine (C=N–C) groups is 1. The lowest BCUT2D eigenvalue weighted by molar-refractivity contribution is -0.304. The smallest absolute Gasteiger partial charge is 0.251 e. The fourth-order valence-electron chi connectivity index (χ4n) is 2.13. The lowest BCUT2D eigenvalue weighted by Gasteiger charge is -2.30. The molecule has 10 heteroatoms. The van der Waals surface area contributed by atoms with Crippen molar-refractivity contribution in [3.8, 4) is 0 Å². The van der Waals surface area contributed by atoms with Crippen LogP contribution in [0.25, 0.3) is 0 Å². The van der Waals surface area contributed by atoms with Gasteiger partial charge >= 0.3 is 0 Å². The highest BCUT2D eigenvalue weighted by molar-refractivity contribution is 7.80. The van der Waals surface area contributed by atoms with Crippen molar-refractivity contribution < 1.29 is 24.3 Å². The molecule has 136 valence electrons. The fraction of sp³-hybridized carbons (Fsp3) is 0.250. The Bertz CT molecular complexity index is 790. The fourth-order valence-corrected chi connectivity index (χ4v) is 2.42. The molecule has 2 rings (SSSR count). The molecule has 1 aliphatic heterocycles. The summed E-state index contributed by atoms with van der Waals surface area (Å²) in [6.07, 6.45) is 1.04. The first kappa shape index (κ1) is 19.2. The third-order valence-corrected chi connectivity index (χ3v) is 3.70. The van der Waals surface area contributed by atoms with Crippen molar-refractivity contribution in [2.75, 3.05) is 18.0 Å². The average molecular weight is 375 g/mol. The van der Waals surface area contributed by atoms with Crippen LogP contribution in [-0.4, -0.2) is 48.1 Å². The van der Waals surface area contributed by atoms with E-state index in [2.05, 4.69) is 15.6 Å². The minimum Gasteiger partial charge on any atom is -0.548 e. The van der Waals surface area contributed by atoms with Crippen LogP contribution >= 0.6 is 12.2 Å². The van der Waals surface area contributed by atoms with E-state index in [4.69, 9.17) is 12.2 Å². The number of carboxylic acid groups (broad SMARTS) is 1. The largest absolute Gasteiger partial charge is 0.548 e. The maximum Gasteiger partial charge on any atom is 0.251 e. The van der Waals surface area contributed by atoms with Crippen molar-refractivity contribution >= 4 is 52.9 Å². The van der Waals surface area contributed by atoms with Crippen LogP contribution < -0.4 is 20.6 Å². The van der Waals surface area contributed by atoms with Gasteiger partial charge in [-0.2, -0.15) is 0 Å². The second-order valence-corrected chi connectivity index (χ2v) is 5.81. The SMILES string of the molecule is Cc1ccc(N2C(=O)[C@H](C=NCC(=O)NCC(=O)[O-])C(=O)NC2=S)cc1. The summed E-state index contributed by atoms with van der Waals surface area (Å²) < 4.78 is 0. The zero-order valence-corrected chi connectivity index (χ0v) is 14.5. The number of carbonyl (C=O) groups is 4. The van der Waals surface area contributed by atoms with Gasteiger partial charge in [0.1, 0.15) is 6.54 Å². The quantitative estimate of drug-likeness (QED) is 0.346. The molecule has 1 aromatic rings. The van der Waals surface area contributed by atoms with Gasteiger partial charge in [0, 0.05) is 6.21 Å². The minimum absolute atomic E-state index is 0.0415. The Hall–Kier alpha value is -3.14. The number of hydrogen-bond donors (Lipinski definition) is 2. The van der Waals surface area contributed by atoms with E-state index < -0.39 is 42.7 Å². The van der Waals surface area contributed by atoms with Crippen molar-refractivity contribution in [2.45, 2.75) is 6.92 Å². The van der Waals surface area contributed by atoms with E-state index in [9.17, 15) is 24.3 Å². The number of amides is 3. The number of nitrogens with one attached hydrogen (secondary N) is 2. The molecule has 0 aliphatic carbocycles. The van der Waals surface area contributed by atoms with Crippen LogP contribution in [-0.2, 0) is 19.2 Å².